The molecule has 0 fully saturated rings. The van der Waals surface area contributed by atoms with Crippen molar-refractivity contribution in [1.82, 2.24) is 0 Å². The molecular weight excluding hydrogens is 228 g/mol. The fourth-order valence-corrected chi connectivity index (χ4v) is 2.44. The zero-order valence-electron chi connectivity index (χ0n) is 11.0. The van der Waals surface area contributed by atoms with Gasteiger partial charge in [-0.05, 0) is 36.5 Å². The van der Waals surface area contributed by atoms with Gasteiger partial charge in [0, 0.05) is 6.61 Å². The number of rotatable bonds is 7. The van der Waals surface area contributed by atoms with Gasteiger partial charge in [0.2, 0.25) is 6.79 Å². The number of unbranched alkanes of at least 4 members (excludes halogenated alkanes) is 2. The highest BCUT2D eigenvalue weighted by atomic mass is 16.7. The second-order valence-corrected chi connectivity index (χ2v) is 4.82. The summed E-state index contributed by atoms with van der Waals surface area (Å²) >= 11 is 0. The van der Waals surface area contributed by atoms with Crippen LogP contribution in [0.25, 0.3) is 0 Å². The van der Waals surface area contributed by atoms with Gasteiger partial charge in [0.1, 0.15) is 0 Å². The van der Waals surface area contributed by atoms with E-state index in [0.717, 1.165) is 24.3 Å². The van der Waals surface area contributed by atoms with Gasteiger partial charge >= 0.3 is 0 Å². The largest absolute Gasteiger partial charge is 0.454 e. The highest BCUT2D eigenvalue weighted by molar-refractivity contribution is 5.45. The Morgan fingerprint density at radius 3 is 2.78 bits per heavy atom. The van der Waals surface area contributed by atoms with Crippen molar-refractivity contribution in [3.8, 4) is 11.5 Å². The molecule has 3 heteroatoms. The van der Waals surface area contributed by atoms with Crippen LogP contribution in [-0.2, 0) is 0 Å². The fourth-order valence-electron chi connectivity index (χ4n) is 2.44. The Morgan fingerprint density at radius 2 is 2.00 bits per heavy atom. The Hall–Kier alpha value is -1.22. The monoisotopic (exact) mass is 250 g/mol. The summed E-state index contributed by atoms with van der Waals surface area (Å²) < 4.78 is 10.7. The number of hydrogen-bond donors (Lipinski definition) is 1. The average molecular weight is 250 g/mol. The van der Waals surface area contributed by atoms with Crippen LogP contribution in [0.1, 0.15) is 50.5 Å². The quantitative estimate of drug-likeness (QED) is 0.753. The molecule has 1 aliphatic rings. The number of hydrogen-bond acceptors (Lipinski definition) is 3. The summed E-state index contributed by atoms with van der Waals surface area (Å²) in [7, 11) is 0. The summed E-state index contributed by atoms with van der Waals surface area (Å²) in [6.07, 6.45) is 5.66. The van der Waals surface area contributed by atoms with Gasteiger partial charge in [0.15, 0.2) is 11.5 Å². The van der Waals surface area contributed by atoms with Crippen molar-refractivity contribution < 1.29 is 14.6 Å². The maximum atomic E-state index is 9.19. The van der Waals surface area contributed by atoms with E-state index in [9.17, 15) is 5.11 Å². The molecular formula is C15H22O3. The highest BCUT2D eigenvalue weighted by Crippen LogP contribution is 2.36. The summed E-state index contributed by atoms with van der Waals surface area (Å²) in [5.41, 5.74) is 1.25. The number of aliphatic hydroxyl groups excluding tert-OH is 1. The van der Waals surface area contributed by atoms with Gasteiger partial charge < -0.3 is 14.6 Å². The van der Waals surface area contributed by atoms with Gasteiger partial charge in [-0.2, -0.15) is 0 Å². The standard InChI is InChI=1S/C15H22O3/c1-2-3-4-5-12(8-9-16)13-6-7-14-15(10-13)18-11-17-14/h6-7,10,12,16H,2-5,8-9,11H2,1H3/t12-/m0/s1. The highest BCUT2D eigenvalue weighted by Gasteiger charge is 2.17. The third-order valence-electron chi connectivity index (χ3n) is 3.50. The van der Waals surface area contributed by atoms with Gasteiger partial charge in [0.05, 0.1) is 0 Å². The molecule has 1 aliphatic heterocycles. The lowest BCUT2D eigenvalue weighted by molar-refractivity contribution is 0.174. The number of fused-ring (bicyclic) bond motifs is 1. The Morgan fingerprint density at radius 1 is 1.17 bits per heavy atom. The summed E-state index contributed by atoms with van der Waals surface area (Å²) in [5.74, 6) is 2.09. The van der Waals surface area contributed by atoms with E-state index in [4.69, 9.17) is 9.47 Å². The van der Waals surface area contributed by atoms with Crippen LogP contribution in [0.3, 0.4) is 0 Å². The van der Waals surface area contributed by atoms with Crippen molar-refractivity contribution in [3.63, 3.8) is 0 Å². The van der Waals surface area contributed by atoms with Crippen molar-refractivity contribution in [1.29, 1.82) is 0 Å². The topological polar surface area (TPSA) is 38.7 Å². The van der Waals surface area contributed by atoms with E-state index in [1.165, 1.54) is 24.8 Å². The van der Waals surface area contributed by atoms with Crippen LogP contribution in [0, 0.1) is 0 Å². The predicted octanol–water partition coefficient (Wildman–Crippen LogP) is 3.46. The first-order valence-electron chi connectivity index (χ1n) is 6.85. The number of benzene rings is 1. The van der Waals surface area contributed by atoms with Gasteiger partial charge in [-0.3, -0.25) is 0 Å². The molecule has 0 aromatic heterocycles. The lowest BCUT2D eigenvalue weighted by Gasteiger charge is -2.16. The Labute approximate surface area is 109 Å². The van der Waals surface area contributed by atoms with Crippen LogP contribution in [0.15, 0.2) is 18.2 Å². The molecule has 1 aromatic carbocycles. The average Bonchev–Trinajstić information content (AvgIpc) is 2.85. The van der Waals surface area contributed by atoms with Crippen LogP contribution in [0.5, 0.6) is 11.5 Å². The molecule has 1 N–H and O–H groups in total. The molecule has 0 radical (unpaired) electrons. The maximum absolute atomic E-state index is 9.19. The smallest absolute Gasteiger partial charge is 0.231 e. The zero-order valence-corrected chi connectivity index (χ0v) is 11.0. The molecule has 3 nitrogen and oxygen atoms in total. The molecule has 2 rings (SSSR count). The summed E-state index contributed by atoms with van der Waals surface area (Å²) in [4.78, 5) is 0. The lowest BCUT2D eigenvalue weighted by atomic mass is 9.90. The van der Waals surface area contributed by atoms with Gasteiger partial charge in [-0.25, -0.2) is 0 Å². The molecule has 0 amide bonds. The maximum Gasteiger partial charge on any atom is 0.231 e. The van der Waals surface area contributed by atoms with Crippen molar-refractivity contribution in [2.75, 3.05) is 13.4 Å². The van der Waals surface area contributed by atoms with Crippen molar-refractivity contribution in [2.24, 2.45) is 0 Å². The van der Waals surface area contributed by atoms with Gasteiger partial charge in [-0.1, -0.05) is 32.3 Å². The van der Waals surface area contributed by atoms with Crippen LogP contribution in [0.2, 0.25) is 0 Å². The van der Waals surface area contributed by atoms with Crippen molar-refractivity contribution in [2.45, 2.75) is 44.9 Å². The molecule has 0 unspecified atom stereocenters. The van der Waals surface area contributed by atoms with E-state index >= 15 is 0 Å². The van der Waals surface area contributed by atoms with Crippen LogP contribution >= 0.6 is 0 Å². The molecule has 1 heterocycles. The van der Waals surface area contributed by atoms with Gasteiger partial charge in [-0.15, -0.1) is 0 Å². The minimum absolute atomic E-state index is 0.241. The zero-order chi connectivity index (χ0) is 12.8. The first-order valence-corrected chi connectivity index (χ1v) is 6.85. The predicted molar refractivity (Wildman–Crippen MR) is 71.2 cm³/mol. The van der Waals surface area contributed by atoms with Crippen molar-refractivity contribution in [3.05, 3.63) is 23.8 Å². The van der Waals surface area contributed by atoms with Crippen LogP contribution in [-0.4, -0.2) is 18.5 Å². The first-order chi connectivity index (χ1) is 8.85. The minimum atomic E-state index is 0.241. The van der Waals surface area contributed by atoms with E-state index in [0.29, 0.717) is 12.7 Å². The molecule has 0 saturated heterocycles. The number of ether oxygens (including phenoxy) is 2. The third kappa shape index (κ3) is 3.16. The summed E-state index contributed by atoms with van der Waals surface area (Å²) in [5, 5.41) is 9.19. The second-order valence-electron chi connectivity index (χ2n) is 4.82. The third-order valence-corrected chi connectivity index (χ3v) is 3.50. The fraction of sp³-hybridized carbons (Fsp3) is 0.600. The first kappa shape index (κ1) is 13.2. The lowest BCUT2D eigenvalue weighted by Crippen LogP contribution is -2.02. The Balaban J connectivity index is 2.04. The molecule has 18 heavy (non-hydrogen) atoms. The molecule has 0 spiro atoms. The van der Waals surface area contributed by atoms with Crippen LogP contribution in [0.4, 0.5) is 0 Å². The minimum Gasteiger partial charge on any atom is -0.454 e. The second kappa shape index (κ2) is 6.64. The molecule has 0 saturated carbocycles. The van der Waals surface area contributed by atoms with E-state index < -0.39 is 0 Å². The van der Waals surface area contributed by atoms with Crippen LogP contribution < -0.4 is 9.47 Å². The molecule has 0 aliphatic carbocycles. The summed E-state index contributed by atoms with van der Waals surface area (Å²) in [6.45, 7) is 2.77. The van der Waals surface area contributed by atoms with E-state index in [2.05, 4.69) is 19.1 Å². The normalized spacial score (nSPS) is 14.8. The Bertz CT molecular complexity index is 376. The van der Waals surface area contributed by atoms with Gasteiger partial charge in [0.25, 0.3) is 0 Å². The molecule has 0 bridgehead atoms. The number of aliphatic hydroxyl groups is 1. The molecule has 1 atom stereocenters. The Kier molecular flexibility index (Phi) is 4.88. The SMILES string of the molecule is CCCCC[C@@H](CCO)c1ccc2c(c1)OCO2. The van der Waals surface area contributed by atoms with E-state index in [-0.39, 0.29) is 6.61 Å². The van der Waals surface area contributed by atoms with Crippen molar-refractivity contribution >= 4 is 0 Å². The van der Waals surface area contributed by atoms with E-state index in [1.54, 1.807) is 0 Å². The van der Waals surface area contributed by atoms with E-state index in [1.807, 2.05) is 6.07 Å². The summed E-state index contributed by atoms with van der Waals surface area (Å²) in [6, 6.07) is 6.14. The molecule has 1 aromatic rings. The molecule has 100 valence electrons.